The van der Waals surface area contributed by atoms with E-state index in [4.69, 9.17) is 19.4 Å². The van der Waals surface area contributed by atoms with Gasteiger partial charge in [0.15, 0.2) is 17.5 Å². The molecule has 240 valence electrons. The van der Waals surface area contributed by atoms with Gasteiger partial charge in [-0.05, 0) is 51.9 Å². The second-order valence-corrected chi connectivity index (χ2v) is 15.5. The Kier molecular flexibility index (Phi) is 6.11. The fourth-order valence-corrected chi connectivity index (χ4v) is 9.43. The van der Waals surface area contributed by atoms with Crippen molar-refractivity contribution in [2.75, 3.05) is 0 Å². The largest absolute Gasteiger partial charge is 0.456 e. The lowest BCUT2D eigenvalue weighted by atomic mass is 9.55. The molecule has 3 aromatic heterocycles. The topological polar surface area (TPSA) is 51.8 Å². The first-order valence-electron chi connectivity index (χ1n) is 17.1. The lowest BCUT2D eigenvalue weighted by Gasteiger charge is -2.48. The van der Waals surface area contributed by atoms with E-state index in [0.29, 0.717) is 17.5 Å². The fraction of sp³-hybridized carbons (Fsp3) is 0.133. The number of para-hydroxylation sites is 1. The molecule has 0 N–H and O–H groups in total. The first-order valence-corrected chi connectivity index (χ1v) is 17.9. The van der Waals surface area contributed by atoms with Crippen LogP contribution in [0.3, 0.4) is 0 Å². The molecular weight excluding hydrogens is 631 g/mol. The molecule has 0 bridgehead atoms. The average molecular weight is 664 g/mol. The van der Waals surface area contributed by atoms with Gasteiger partial charge in [-0.1, -0.05) is 131 Å². The standard InChI is InChI=1S/C45H33N3OS/c1-44(2)34-25-27(21-22-28(34)30-23-24-31-29-15-9-11-20-37(29)50-40(31)39(30)45(44,3)4)42-46-41(26-13-6-5-7-14-26)47-43(48-42)33-17-12-19-36-38(33)32-16-8-10-18-35(32)49-36/h5-25H,1-4H3. The molecule has 1 aliphatic rings. The third-order valence-corrected chi connectivity index (χ3v) is 12.5. The van der Waals surface area contributed by atoms with Crippen molar-refractivity contribution < 1.29 is 4.42 Å². The Morgan fingerprint density at radius 2 is 1.18 bits per heavy atom. The molecule has 3 heterocycles. The number of rotatable bonds is 3. The summed E-state index contributed by atoms with van der Waals surface area (Å²) < 4.78 is 8.98. The lowest BCUT2D eigenvalue weighted by molar-refractivity contribution is 0.301. The number of nitrogens with zero attached hydrogens (tertiary/aromatic N) is 3. The van der Waals surface area contributed by atoms with E-state index in [0.717, 1.165) is 38.6 Å². The number of thiophene rings is 1. The first-order chi connectivity index (χ1) is 24.3. The maximum Gasteiger partial charge on any atom is 0.164 e. The number of aromatic nitrogens is 3. The highest BCUT2D eigenvalue weighted by Gasteiger charge is 2.47. The maximum atomic E-state index is 6.25. The molecular formula is C45H33N3OS. The number of benzene rings is 6. The Bertz CT molecular complexity index is 2820. The van der Waals surface area contributed by atoms with Crippen LogP contribution in [0.4, 0.5) is 0 Å². The van der Waals surface area contributed by atoms with Crippen LogP contribution in [-0.2, 0) is 10.8 Å². The van der Waals surface area contributed by atoms with E-state index in [2.05, 4.69) is 107 Å². The van der Waals surface area contributed by atoms with Gasteiger partial charge in [-0.15, -0.1) is 11.3 Å². The van der Waals surface area contributed by atoms with Gasteiger partial charge in [0.2, 0.25) is 0 Å². The molecule has 50 heavy (non-hydrogen) atoms. The highest BCUT2D eigenvalue weighted by Crippen LogP contribution is 2.57. The third-order valence-electron chi connectivity index (χ3n) is 11.3. The Hall–Kier alpha value is -5.65. The molecule has 9 aromatic rings. The van der Waals surface area contributed by atoms with Gasteiger partial charge in [0, 0.05) is 53.1 Å². The van der Waals surface area contributed by atoms with Gasteiger partial charge in [0.05, 0.1) is 0 Å². The summed E-state index contributed by atoms with van der Waals surface area (Å²) in [6, 6.07) is 44.7. The van der Waals surface area contributed by atoms with Gasteiger partial charge in [-0.25, -0.2) is 15.0 Å². The van der Waals surface area contributed by atoms with E-state index in [1.165, 1.54) is 42.4 Å². The van der Waals surface area contributed by atoms with E-state index in [9.17, 15) is 0 Å². The zero-order valence-electron chi connectivity index (χ0n) is 28.3. The Balaban J connectivity index is 1.20. The van der Waals surface area contributed by atoms with Gasteiger partial charge < -0.3 is 4.42 Å². The highest BCUT2D eigenvalue weighted by molar-refractivity contribution is 7.26. The Labute approximate surface area is 294 Å². The van der Waals surface area contributed by atoms with Crippen LogP contribution >= 0.6 is 11.3 Å². The van der Waals surface area contributed by atoms with Gasteiger partial charge in [0.25, 0.3) is 0 Å². The van der Waals surface area contributed by atoms with Crippen molar-refractivity contribution >= 4 is 53.4 Å². The molecule has 0 saturated heterocycles. The zero-order valence-corrected chi connectivity index (χ0v) is 29.1. The predicted molar refractivity (Wildman–Crippen MR) is 208 cm³/mol. The highest BCUT2D eigenvalue weighted by atomic mass is 32.1. The normalized spacial score (nSPS) is 14.7. The summed E-state index contributed by atoms with van der Waals surface area (Å²) in [6.45, 7) is 9.61. The van der Waals surface area contributed by atoms with Crippen LogP contribution in [0.2, 0.25) is 0 Å². The molecule has 6 aromatic carbocycles. The molecule has 0 fully saturated rings. The summed E-state index contributed by atoms with van der Waals surface area (Å²) in [7, 11) is 0. The molecule has 4 nitrogen and oxygen atoms in total. The molecule has 1 aliphatic carbocycles. The fourth-order valence-electron chi connectivity index (χ4n) is 8.02. The molecule has 0 radical (unpaired) electrons. The van der Waals surface area contributed by atoms with Crippen LogP contribution in [-0.4, -0.2) is 15.0 Å². The molecule has 0 spiro atoms. The van der Waals surface area contributed by atoms with Crippen molar-refractivity contribution in [3.63, 3.8) is 0 Å². The Morgan fingerprint density at radius 3 is 2.02 bits per heavy atom. The van der Waals surface area contributed by atoms with Gasteiger partial charge in [-0.3, -0.25) is 0 Å². The van der Waals surface area contributed by atoms with E-state index < -0.39 is 0 Å². The van der Waals surface area contributed by atoms with E-state index in [1.807, 2.05) is 59.9 Å². The van der Waals surface area contributed by atoms with Crippen molar-refractivity contribution in [3.8, 4) is 45.3 Å². The summed E-state index contributed by atoms with van der Waals surface area (Å²) in [5.41, 5.74) is 9.52. The quantitative estimate of drug-likeness (QED) is 0.189. The molecule has 0 aliphatic heterocycles. The third kappa shape index (κ3) is 4.07. The second-order valence-electron chi connectivity index (χ2n) is 14.4. The molecule has 0 saturated carbocycles. The van der Waals surface area contributed by atoms with Crippen molar-refractivity contribution in [2.24, 2.45) is 0 Å². The van der Waals surface area contributed by atoms with E-state index in [1.54, 1.807) is 0 Å². The number of hydrogen-bond donors (Lipinski definition) is 0. The minimum Gasteiger partial charge on any atom is -0.456 e. The number of furan rings is 1. The number of fused-ring (bicyclic) bond motifs is 10. The minimum absolute atomic E-state index is 0.147. The molecule has 10 rings (SSSR count). The summed E-state index contributed by atoms with van der Waals surface area (Å²) in [5, 5.41) is 4.74. The molecule has 5 heteroatoms. The zero-order chi connectivity index (χ0) is 33.8. The van der Waals surface area contributed by atoms with E-state index >= 15 is 0 Å². The molecule has 0 unspecified atom stereocenters. The monoisotopic (exact) mass is 663 g/mol. The van der Waals surface area contributed by atoms with Gasteiger partial charge in [-0.2, -0.15) is 0 Å². The SMILES string of the molecule is CC1(C)c2cc(-c3nc(-c4ccccc4)nc(-c4cccc5oc6ccccc6c45)n3)ccc2-c2ccc3c(sc4ccccc43)c2C1(C)C. The van der Waals surface area contributed by atoms with Crippen LogP contribution in [0, 0.1) is 0 Å². The summed E-state index contributed by atoms with van der Waals surface area (Å²) in [4.78, 5) is 15.4. The summed E-state index contributed by atoms with van der Waals surface area (Å²) in [6.07, 6.45) is 0. The van der Waals surface area contributed by atoms with Crippen LogP contribution in [0.25, 0.3) is 87.4 Å². The van der Waals surface area contributed by atoms with Crippen LogP contribution in [0.15, 0.2) is 132 Å². The van der Waals surface area contributed by atoms with Crippen molar-refractivity contribution in [1.29, 1.82) is 0 Å². The lowest BCUT2D eigenvalue weighted by Crippen LogP contribution is -2.43. The molecule has 0 atom stereocenters. The second kappa shape index (κ2) is 10.4. The molecule has 0 amide bonds. The van der Waals surface area contributed by atoms with Gasteiger partial charge >= 0.3 is 0 Å². The van der Waals surface area contributed by atoms with Crippen LogP contribution < -0.4 is 0 Å². The average Bonchev–Trinajstić information content (AvgIpc) is 3.72. The maximum absolute atomic E-state index is 6.25. The van der Waals surface area contributed by atoms with E-state index in [-0.39, 0.29) is 10.8 Å². The smallest absolute Gasteiger partial charge is 0.164 e. The van der Waals surface area contributed by atoms with Crippen molar-refractivity contribution in [3.05, 3.63) is 139 Å². The van der Waals surface area contributed by atoms with Crippen LogP contribution in [0.1, 0.15) is 38.8 Å². The minimum atomic E-state index is -0.185. The first kappa shape index (κ1) is 29.3. The van der Waals surface area contributed by atoms with Gasteiger partial charge in [0.1, 0.15) is 11.2 Å². The number of hydrogen-bond acceptors (Lipinski definition) is 5. The summed E-state index contributed by atoms with van der Waals surface area (Å²) in [5.74, 6) is 1.92. The van der Waals surface area contributed by atoms with Crippen molar-refractivity contribution in [1.82, 2.24) is 15.0 Å². The Morgan fingerprint density at radius 1 is 0.500 bits per heavy atom. The van der Waals surface area contributed by atoms with Crippen LogP contribution in [0.5, 0.6) is 0 Å². The van der Waals surface area contributed by atoms with Crippen molar-refractivity contribution in [2.45, 2.75) is 38.5 Å². The predicted octanol–water partition coefficient (Wildman–Crippen LogP) is 12.4. The summed E-state index contributed by atoms with van der Waals surface area (Å²) >= 11 is 1.92.